The second-order valence-corrected chi connectivity index (χ2v) is 8.84. The lowest BCUT2D eigenvalue weighted by molar-refractivity contribution is -0.120. The molecule has 0 radical (unpaired) electrons. The van der Waals surface area contributed by atoms with Gasteiger partial charge in [-0.2, -0.15) is 0 Å². The van der Waals surface area contributed by atoms with Crippen molar-refractivity contribution in [2.45, 2.75) is 34.6 Å². The topological polar surface area (TPSA) is 49.4 Å². The van der Waals surface area contributed by atoms with E-state index >= 15 is 0 Å². The Morgan fingerprint density at radius 1 is 0.719 bits per heavy atom. The molecule has 1 heterocycles. The molecule has 3 aromatic rings. The molecule has 0 unspecified atom stereocenters. The van der Waals surface area contributed by atoms with Gasteiger partial charge in [-0.15, -0.1) is 0 Å². The van der Waals surface area contributed by atoms with Gasteiger partial charge in [-0.25, -0.2) is 4.90 Å². The average Bonchev–Trinajstić information content (AvgIpc) is 2.96. The van der Waals surface area contributed by atoms with Crippen molar-refractivity contribution < 1.29 is 9.59 Å². The summed E-state index contributed by atoms with van der Waals surface area (Å²) in [6.45, 7) is 9.83. The molecule has 162 valence electrons. The zero-order valence-corrected chi connectivity index (χ0v) is 19.6. The number of halogens is 1. The van der Waals surface area contributed by atoms with Crippen LogP contribution in [0.1, 0.15) is 33.4 Å². The van der Waals surface area contributed by atoms with Crippen LogP contribution in [0.5, 0.6) is 0 Å². The minimum Gasteiger partial charge on any atom is -0.350 e. The predicted molar refractivity (Wildman–Crippen MR) is 131 cm³/mol. The lowest BCUT2D eigenvalue weighted by Crippen LogP contribution is -2.32. The summed E-state index contributed by atoms with van der Waals surface area (Å²) in [6, 6.07) is 17.0. The highest BCUT2D eigenvalue weighted by Crippen LogP contribution is 2.35. The predicted octanol–water partition coefficient (Wildman–Crippen LogP) is 6.28. The summed E-state index contributed by atoms with van der Waals surface area (Å²) in [6.07, 6.45) is 0. The van der Waals surface area contributed by atoms with Crippen LogP contribution in [0.15, 0.2) is 60.3 Å². The Balaban J connectivity index is 1.86. The third kappa shape index (κ3) is 3.94. The van der Waals surface area contributed by atoms with Gasteiger partial charge in [0.15, 0.2) is 0 Å². The largest absolute Gasteiger partial charge is 0.350 e. The van der Waals surface area contributed by atoms with E-state index in [2.05, 4.69) is 5.32 Å². The molecule has 3 aromatic carbocycles. The van der Waals surface area contributed by atoms with Crippen molar-refractivity contribution in [3.8, 4) is 0 Å². The lowest BCUT2D eigenvalue weighted by atomic mass is 9.99. The molecule has 0 fully saturated rings. The molecule has 32 heavy (non-hydrogen) atoms. The van der Waals surface area contributed by atoms with E-state index in [0.717, 1.165) is 27.8 Å². The molecule has 0 spiro atoms. The number of rotatable bonds is 4. The third-order valence-corrected chi connectivity index (χ3v) is 6.19. The van der Waals surface area contributed by atoms with Crippen molar-refractivity contribution in [2.24, 2.45) is 0 Å². The zero-order valence-electron chi connectivity index (χ0n) is 18.8. The van der Waals surface area contributed by atoms with E-state index < -0.39 is 0 Å². The molecule has 2 amide bonds. The van der Waals surface area contributed by atoms with Gasteiger partial charge in [0.1, 0.15) is 5.70 Å². The van der Waals surface area contributed by atoms with Gasteiger partial charge in [0, 0.05) is 10.7 Å². The van der Waals surface area contributed by atoms with Gasteiger partial charge in [0.2, 0.25) is 0 Å². The highest BCUT2D eigenvalue weighted by Gasteiger charge is 2.40. The van der Waals surface area contributed by atoms with E-state index in [9.17, 15) is 9.59 Å². The molecule has 0 aliphatic carbocycles. The van der Waals surface area contributed by atoms with Crippen LogP contribution >= 0.6 is 11.6 Å². The Morgan fingerprint density at radius 2 is 1.38 bits per heavy atom. The van der Waals surface area contributed by atoms with Crippen molar-refractivity contribution in [3.05, 3.63) is 98.7 Å². The molecule has 0 saturated carbocycles. The van der Waals surface area contributed by atoms with E-state index in [1.165, 1.54) is 4.90 Å². The van der Waals surface area contributed by atoms with E-state index in [1.807, 2.05) is 83.1 Å². The molecule has 0 bridgehead atoms. The fourth-order valence-electron chi connectivity index (χ4n) is 3.94. The number of benzene rings is 3. The summed E-state index contributed by atoms with van der Waals surface area (Å²) >= 11 is 6.30. The Kier molecular flexibility index (Phi) is 5.66. The number of anilines is 2. The van der Waals surface area contributed by atoms with Crippen molar-refractivity contribution in [2.75, 3.05) is 10.2 Å². The van der Waals surface area contributed by atoms with Gasteiger partial charge in [0.05, 0.1) is 11.3 Å². The van der Waals surface area contributed by atoms with Crippen LogP contribution in [-0.4, -0.2) is 11.8 Å². The van der Waals surface area contributed by atoms with E-state index in [1.54, 1.807) is 6.07 Å². The van der Waals surface area contributed by atoms with Crippen LogP contribution in [0.3, 0.4) is 0 Å². The molecule has 0 aromatic heterocycles. The normalized spacial score (nSPS) is 13.9. The van der Waals surface area contributed by atoms with Crippen LogP contribution in [-0.2, 0) is 9.59 Å². The summed E-state index contributed by atoms with van der Waals surface area (Å²) in [7, 11) is 0. The number of nitrogens with one attached hydrogen (secondary N) is 1. The van der Waals surface area contributed by atoms with Crippen LogP contribution in [0, 0.1) is 34.6 Å². The fraction of sp³-hybridized carbons (Fsp3) is 0.185. The van der Waals surface area contributed by atoms with Gasteiger partial charge >= 0.3 is 0 Å². The maximum atomic E-state index is 13.6. The Hall–Kier alpha value is -3.37. The van der Waals surface area contributed by atoms with Crippen LogP contribution < -0.4 is 10.2 Å². The summed E-state index contributed by atoms with van der Waals surface area (Å²) < 4.78 is 0. The highest BCUT2D eigenvalue weighted by atomic mass is 35.5. The smallest absolute Gasteiger partial charge is 0.282 e. The molecule has 5 heteroatoms. The van der Waals surface area contributed by atoms with Gasteiger partial charge in [0.25, 0.3) is 11.8 Å². The second kappa shape index (κ2) is 8.29. The Bertz CT molecular complexity index is 1290. The summed E-state index contributed by atoms with van der Waals surface area (Å²) in [5.74, 6) is -0.728. The summed E-state index contributed by atoms with van der Waals surface area (Å²) in [5.41, 5.74) is 7.62. The number of carbonyl (C=O) groups excluding carboxylic acids is 2. The van der Waals surface area contributed by atoms with Crippen LogP contribution in [0.4, 0.5) is 11.4 Å². The Morgan fingerprint density at radius 3 is 2.00 bits per heavy atom. The maximum Gasteiger partial charge on any atom is 0.282 e. The number of nitrogens with zero attached hydrogens (tertiary/aromatic N) is 1. The van der Waals surface area contributed by atoms with E-state index in [0.29, 0.717) is 27.5 Å². The first-order valence-electron chi connectivity index (χ1n) is 10.5. The maximum absolute atomic E-state index is 13.6. The summed E-state index contributed by atoms with van der Waals surface area (Å²) in [4.78, 5) is 28.5. The molecule has 4 nitrogen and oxygen atoms in total. The van der Waals surface area contributed by atoms with Crippen molar-refractivity contribution in [3.63, 3.8) is 0 Å². The molecule has 4 rings (SSSR count). The van der Waals surface area contributed by atoms with Crippen molar-refractivity contribution in [1.82, 2.24) is 0 Å². The second-order valence-electron chi connectivity index (χ2n) is 8.43. The number of hydrogen-bond acceptors (Lipinski definition) is 3. The van der Waals surface area contributed by atoms with Crippen molar-refractivity contribution in [1.29, 1.82) is 0 Å². The number of aryl methyl sites for hydroxylation is 5. The van der Waals surface area contributed by atoms with E-state index in [4.69, 9.17) is 11.6 Å². The molecule has 0 saturated heterocycles. The first-order chi connectivity index (χ1) is 15.2. The van der Waals surface area contributed by atoms with Gasteiger partial charge in [-0.05, 0) is 92.3 Å². The van der Waals surface area contributed by atoms with Gasteiger partial charge < -0.3 is 5.32 Å². The standard InChI is InChI=1S/C27H25ClN2O2/c1-15-10-16(2)12-22(11-15)30-26(31)24(20-8-6-17(3)19(5)13-20)25(27(30)32)29-21-9-7-18(4)23(28)14-21/h6-14,29H,1-5H3. The van der Waals surface area contributed by atoms with Crippen molar-refractivity contribution >= 4 is 40.4 Å². The number of amides is 2. The SMILES string of the molecule is Cc1cc(C)cc(N2C(=O)C(Nc3ccc(C)c(Cl)c3)=C(c3ccc(C)c(C)c3)C2=O)c1. The monoisotopic (exact) mass is 444 g/mol. The first kappa shape index (κ1) is 21.8. The van der Waals surface area contributed by atoms with E-state index in [-0.39, 0.29) is 17.5 Å². The quantitative estimate of drug-likeness (QED) is 0.482. The first-order valence-corrected chi connectivity index (χ1v) is 10.9. The molecular weight excluding hydrogens is 420 g/mol. The van der Waals surface area contributed by atoms with Crippen LogP contribution in [0.25, 0.3) is 5.57 Å². The van der Waals surface area contributed by atoms with Gasteiger partial charge in [-0.1, -0.05) is 41.9 Å². The minimum absolute atomic E-state index is 0.248. The molecule has 1 aliphatic rings. The molecule has 1 aliphatic heterocycles. The highest BCUT2D eigenvalue weighted by molar-refractivity contribution is 6.46. The van der Waals surface area contributed by atoms with Crippen LogP contribution in [0.2, 0.25) is 5.02 Å². The lowest BCUT2D eigenvalue weighted by Gasteiger charge is -2.17. The number of carbonyl (C=O) groups is 2. The minimum atomic E-state index is -0.384. The molecule has 1 N–H and O–H groups in total. The molecule has 0 atom stereocenters. The van der Waals surface area contributed by atoms with Gasteiger partial charge in [-0.3, -0.25) is 9.59 Å². The third-order valence-electron chi connectivity index (χ3n) is 5.79. The average molecular weight is 445 g/mol. The fourth-order valence-corrected chi connectivity index (χ4v) is 4.12. The summed E-state index contributed by atoms with van der Waals surface area (Å²) in [5, 5.41) is 3.77. The number of hydrogen-bond donors (Lipinski definition) is 1. The molecular formula is C27H25ClN2O2. The number of imide groups is 1. The zero-order chi connectivity index (χ0) is 23.2. The Labute approximate surface area is 193 Å².